The van der Waals surface area contributed by atoms with E-state index < -0.39 is 30.0 Å². The maximum absolute atomic E-state index is 13.8. The summed E-state index contributed by atoms with van der Waals surface area (Å²) < 4.78 is 60.9. The van der Waals surface area contributed by atoms with Gasteiger partial charge in [-0.25, -0.2) is 8.78 Å². The first-order valence-electron chi connectivity index (χ1n) is 10.8. The lowest BCUT2D eigenvalue weighted by atomic mass is 9.79. The number of carbonyl (C=O) groups excluding carboxylic acids is 1. The van der Waals surface area contributed by atoms with Crippen LogP contribution in [0.1, 0.15) is 51.4 Å². The molecular formula is C24H28F4O3. The molecule has 0 saturated heterocycles. The van der Waals surface area contributed by atoms with Crippen LogP contribution in [0.2, 0.25) is 0 Å². The fourth-order valence-corrected chi connectivity index (χ4v) is 4.43. The summed E-state index contributed by atoms with van der Waals surface area (Å²) in [5.41, 5.74) is 0. The highest BCUT2D eigenvalue weighted by Gasteiger charge is 2.28. The summed E-state index contributed by atoms with van der Waals surface area (Å²) in [6.07, 6.45) is 14.3. The normalized spacial score (nSPS) is 26.7. The number of esters is 1. The number of benzene rings is 1. The van der Waals surface area contributed by atoms with Gasteiger partial charge in [-0.1, -0.05) is 18.2 Å². The molecule has 0 spiro atoms. The molecule has 2 aliphatic carbocycles. The van der Waals surface area contributed by atoms with Crippen molar-refractivity contribution in [1.29, 1.82) is 0 Å². The highest BCUT2D eigenvalue weighted by molar-refractivity contribution is 5.75. The number of hydrogen-bond donors (Lipinski definition) is 0. The molecule has 2 fully saturated rings. The van der Waals surface area contributed by atoms with Gasteiger partial charge < -0.3 is 9.47 Å². The Hall–Kier alpha value is -2.31. The molecule has 31 heavy (non-hydrogen) atoms. The number of hydrogen-bond acceptors (Lipinski definition) is 3. The van der Waals surface area contributed by atoms with Crippen LogP contribution in [0.3, 0.4) is 0 Å². The third-order valence-electron chi connectivity index (χ3n) is 6.31. The van der Waals surface area contributed by atoms with E-state index in [1.807, 2.05) is 0 Å². The Balaban J connectivity index is 1.47. The summed E-state index contributed by atoms with van der Waals surface area (Å²) in [6.45, 7) is 0.516. The van der Waals surface area contributed by atoms with Crippen molar-refractivity contribution in [2.75, 3.05) is 0 Å². The zero-order valence-electron chi connectivity index (χ0n) is 17.4. The Bertz CT molecular complexity index is 769. The van der Waals surface area contributed by atoms with Crippen molar-refractivity contribution in [3.05, 3.63) is 48.6 Å². The highest BCUT2D eigenvalue weighted by Crippen LogP contribution is 2.34. The average Bonchev–Trinajstić information content (AvgIpc) is 2.75. The first-order valence-corrected chi connectivity index (χ1v) is 10.8. The Morgan fingerprint density at radius 2 is 1.39 bits per heavy atom. The zero-order chi connectivity index (χ0) is 22.4. The summed E-state index contributed by atoms with van der Waals surface area (Å²) in [5.74, 6) is -3.50. The largest absolute Gasteiger partial charge is 0.429 e. The summed E-state index contributed by atoms with van der Waals surface area (Å²) in [5, 5.41) is 0. The summed E-state index contributed by atoms with van der Waals surface area (Å²) in [7, 11) is 0. The van der Waals surface area contributed by atoms with Crippen molar-refractivity contribution in [2.24, 2.45) is 23.7 Å². The van der Waals surface area contributed by atoms with Crippen LogP contribution in [-0.4, -0.2) is 12.6 Å². The molecule has 0 aromatic heterocycles. The van der Waals surface area contributed by atoms with Crippen molar-refractivity contribution in [1.82, 2.24) is 0 Å². The van der Waals surface area contributed by atoms with Gasteiger partial charge in [-0.3, -0.25) is 4.79 Å². The predicted octanol–water partition coefficient (Wildman–Crippen LogP) is 6.83. The molecule has 2 saturated carbocycles. The van der Waals surface area contributed by atoms with Gasteiger partial charge in [0, 0.05) is 12.1 Å². The average molecular weight is 440 g/mol. The lowest BCUT2D eigenvalue weighted by Gasteiger charge is -2.27. The van der Waals surface area contributed by atoms with Crippen molar-refractivity contribution >= 4 is 5.97 Å². The number of rotatable bonds is 7. The standard InChI is InChI=1S/C24H28F4O3/c1-2-15-3-5-16(6-4-15)7-8-17-9-11-18(12-10-17)23(29)30-19-13-20(25)22(21(26)14-19)31-24(27)28/h2,7-8,13-18,24H,1,3-6,9-12H2/b8-7+. The minimum absolute atomic E-state index is 0.351. The summed E-state index contributed by atoms with van der Waals surface area (Å²) in [4.78, 5) is 12.4. The molecular weight excluding hydrogens is 412 g/mol. The minimum atomic E-state index is -3.36. The molecule has 7 heteroatoms. The number of ether oxygens (including phenoxy) is 2. The fourth-order valence-electron chi connectivity index (χ4n) is 4.43. The molecule has 0 heterocycles. The summed E-state index contributed by atoms with van der Waals surface area (Å²) in [6, 6.07) is 1.35. The topological polar surface area (TPSA) is 35.5 Å². The van der Waals surface area contributed by atoms with Gasteiger partial charge in [0.15, 0.2) is 17.4 Å². The zero-order valence-corrected chi connectivity index (χ0v) is 17.4. The monoisotopic (exact) mass is 440 g/mol. The maximum Gasteiger partial charge on any atom is 0.387 e. The van der Waals surface area contributed by atoms with Gasteiger partial charge in [0.2, 0.25) is 0 Å². The lowest BCUT2D eigenvalue weighted by Crippen LogP contribution is -2.25. The van der Waals surface area contributed by atoms with Gasteiger partial charge in [0.1, 0.15) is 5.75 Å². The first-order chi connectivity index (χ1) is 14.9. The second-order valence-electron chi connectivity index (χ2n) is 8.42. The Kier molecular flexibility index (Phi) is 8.15. The van der Waals surface area contributed by atoms with Gasteiger partial charge >= 0.3 is 12.6 Å². The molecule has 170 valence electrons. The molecule has 2 aliphatic rings. The molecule has 3 nitrogen and oxygen atoms in total. The van der Waals surface area contributed by atoms with Crippen LogP contribution in [-0.2, 0) is 4.79 Å². The van der Waals surface area contributed by atoms with Crippen molar-refractivity contribution in [3.8, 4) is 11.5 Å². The quantitative estimate of drug-likeness (QED) is 0.202. The van der Waals surface area contributed by atoms with E-state index in [0.29, 0.717) is 42.7 Å². The van der Waals surface area contributed by atoms with Crippen LogP contribution in [0, 0.1) is 35.3 Å². The van der Waals surface area contributed by atoms with E-state index >= 15 is 0 Å². The van der Waals surface area contributed by atoms with E-state index in [9.17, 15) is 22.4 Å². The van der Waals surface area contributed by atoms with Crippen LogP contribution >= 0.6 is 0 Å². The van der Waals surface area contributed by atoms with E-state index in [2.05, 4.69) is 29.5 Å². The van der Waals surface area contributed by atoms with Gasteiger partial charge in [0.25, 0.3) is 0 Å². The third kappa shape index (κ3) is 6.58. The van der Waals surface area contributed by atoms with Gasteiger partial charge in [-0.15, -0.1) is 6.58 Å². The molecule has 3 rings (SSSR count). The van der Waals surface area contributed by atoms with Gasteiger partial charge in [-0.2, -0.15) is 8.78 Å². The van der Waals surface area contributed by atoms with Crippen LogP contribution in [0.4, 0.5) is 17.6 Å². The van der Waals surface area contributed by atoms with Crippen molar-refractivity contribution in [3.63, 3.8) is 0 Å². The van der Waals surface area contributed by atoms with Crippen LogP contribution < -0.4 is 9.47 Å². The van der Waals surface area contributed by atoms with E-state index in [-0.39, 0.29) is 11.7 Å². The second-order valence-corrected chi connectivity index (χ2v) is 8.42. The SMILES string of the molecule is C=CC1CCC(/C=C/C2CCC(C(=O)Oc3cc(F)c(OC(F)F)c(F)c3)CC2)CC1. The minimum Gasteiger partial charge on any atom is -0.429 e. The van der Waals surface area contributed by atoms with Crippen LogP contribution in [0.5, 0.6) is 11.5 Å². The van der Waals surface area contributed by atoms with Crippen molar-refractivity contribution in [2.45, 2.75) is 58.0 Å². The van der Waals surface area contributed by atoms with Gasteiger partial charge in [-0.05, 0) is 69.1 Å². The van der Waals surface area contributed by atoms with Crippen LogP contribution in [0.25, 0.3) is 0 Å². The maximum atomic E-state index is 13.8. The number of allylic oxidation sites excluding steroid dienone is 3. The fraction of sp³-hybridized carbons (Fsp3) is 0.542. The molecule has 0 aliphatic heterocycles. The highest BCUT2D eigenvalue weighted by atomic mass is 19.3. The molecule has 0 radical (unpaired) electrons. The Morgan fingerprint density at radius 3 is 1.87 bits per heavy atom. The Morgan fingerprint density at radius 1 is 0.903 bits per heavy atom. The van der Waals surface area contributed by atoms with E-state index in [1.54, 1.807) is 0 Å². The van der Waals surface area contributed by atoms with Crippen LogP contribution in [0.15, 0.2) is 36.9 Å². The Labute approximate surface area is 180 Å². The van der Waals surface area contributed by atoms with E-state index in [0.717, 1.165) is 12.8 Å². The van der Waals surface area contributed by atoms with E-state index in [1.165, 1.54) is 25.7 Å². The molecule has 0 amide bonds. The molecule has 1 aromatic carbocycles. The molecule has 0 N–H and O–H groups in total. The second kappa shape index (κ2) is 10.8. The molecule has 1 aromatic rings. The predicted molar refractivity (Wildman–Crippen MR) is 109 cm³/mol. The van der Waals surface area contributed by atoms with Crippen molar-refractivity contribution < 1.29 is 31.8 Å². The smallest absolute Gasteiger partial charge is 0.387 e. The lowest BCUT2D eigenvalue weighted by molar-refractivity contribution is -0.140. The van der Waals surface area contributed by atoms with E-state index in [4.69, 9.17) is 4.74 Å². The number of carbonyl (C=O) groups is 1. The van der Waals surface area contributed by atoms with Gasteiger partial charge in [0.05, 0.1) is 5.92 Å². The summed E-state index contributed by atoms with van der Waals surface area (Å²) >= 11 is 0. The molecule has 0 unspecified atom stereocenters. The third-order valence-corrected chi connectivity index (χ3v) is 6.31. The first kappa shape index (κ1) is 23.4. The number of halogens is 4. The molecule has 0 atom stereocenters. The molecule has 0 bridgehead atoms. The number of alkyl halides is 2.